The number of furan rings is 1. The van der Waals surface area contributed by atoms with E-state index in [1.54, 1.807) is 29.2 Å². The Morgan fingerprint density at radius 1 is 1.08 bits per heavy atom. The largest absolute Gasteiger partial charge is 0.465 e. The molecule has 0 radical (unpaired) electrons. The van der Waals surface area contributed by atoms with Crippen LogP contribution < -0.4 is 10.2 Å². The van der Waals surface area contributed by atoms with Gasteiger partial charge in [0.2, 0.25) is 5.91 Å². The second-order valence-corrected chi connectivity index (χ2v) is 10.6. The monoisotopic (exact) mass is 508 g/mol. The standard InChI is InChI=1S/C28H32N2O5S/c1-17(2)30(27(32)20-9-7-18(3)8-10-20)22-16-24(36-25(22)28(33)34-4)19-11-13-21(14-12-19)29-26(31)23-6-5-15-35-23/h5-6,11-18,20H,7-10H2,1-4H3,(H,29,31). The third-order valence-corrected chi connectivity index (χ3v) is 7.79. The van der Waals surface area contributed by atoms with Crippen molar-refractivity contribution >= 4 is 40.5 Å². The van der Waals surface area contributed by atoms with E-state index >= 15 is 0 Å². The van der Waals surface area contributed by atoms with Crippen LogP contribution in [0.5, 0.6) is 0 Å². The Morgan fingerprint density at radius 3 is 2.36 bits per heavy atom. The van der Waals surface area contributed by atoms with Gasteiger partial charge in [-0.15, -0.1) is 11.3 Å². The minimum Gasteiger partial charge on any atom is -0.465 e. The van der Waals surface area contributed by atoms with Gasteiger partial charge in [-0.05, 0) is 81.3 Å². The van der Waals surface area contributed by atoms with Crippen molar-refractivity contribution in [3.63, 3.8) is 0 Å². The maximum absolute atomic E-state index is 13.6. The number of hydrogen-bond acceptors (Lipinski definition) is 6. The van der Waals surface area contributed by atoms with Gasteiger partial charge in [0, 0.05) is 22.5 Å². The van der Waals surface area contributed by atoms with Crippen LogP contribution in [0.3, 0.4) is 0 Å². The lowest BCUT2D eigenvalue weighted by Gasteiger charge is -2.33. The lowest BCUT2D eigenvalue weighted by atomic mass is 9.82. The fourth-order valence-electron chi connectivity index (χ4n) is 4.61. The molecule has 2 heterocycles. The molecule has 1 saturated carbocycles. The zero-order chi connectivity index (χ0) is 25.8. The molecule has 2 aromatic heterocycles. The van der Waals surface area contributed by atoms with E-state index in [1.165, 1.54) is 24.7 Å². The molecule has 0 atom stereocenters. The molecule has 1 aromatic carbocycles. The lowest BCUT2D eigenvalue weighted by molar-refractivity contribution is -0.123. The molecule has 4 rings (SSSR count). The van der Waals surface area contributed by atoms with Crippen molar-refractivity contribution in [3.8, 4) is 10.4 Å². The van der Waals surface area contributed by atoms with Gasteiger partial charge in [0.05, 0.1) is 19.1 Å². The van der Waals surface area contributed by atoms with Crippen molar-refractivity contribution in [2.75, 3.05) is 17.3 Å². The van der Waals surface area contributed by atoms with Crippen LogP contribution in [0.4, 0.5) is 11.4 Å². The molecule has 8 heteroatoms. The number of esters is 1. The summed E-state index contributed by atoms with van der Waals surface area (Å²) in [4.78, 5) is 41.6. The number of carbonyl (C=O) groups is 3. The fraction of sp³-hybridized carbons (Fsp3) is 0.393. The summed E-state index contributed by atoms with van der Waals surface area (Å²) in [7, 11) is 1.35. The number of rotatable bonds is 7. The highest BCUT2D eigenvalue weighted by molar-refractivity contribution is 7.18. The average Bonchev–Trinajstić information content (AvgIpc) is 3.55. The molecule has 0 aliphatic heterocycles. The molecule has 1 aliphatic rings. The second kappa shape index (κ2) is 11.1. The van der Waals surface area contributed by atoms with Crippen LogP contribution in [0.15, 0.2) is 53.1 Å². The van der Waals surface area contributed by atoms with E-state index in [1.807, 2.05) is 32.0 Å². The number of nitrogens with zero attached hydrogens (tertiary/aromatic N) is 1. The van der Waals surface area contributed by atoms with Crippen LogP contribution in [0.2, 0.25) is 0 Å². The highest BCUT2D eigenvalue weighted by Gasteiger charge is 2.33. The van der Waals surface area contributed by atoms with Gasteiger partial charge in [0.15, 0.2) is 5.76 Å². The smallest absolute Gasteiger partial charge is 0.350 e. The number of amides is 2. The van der Waals surface area contributed by atoms with Gasteiger partial charge in [-0.3, -0.25) is 9.59 Å². The molecule has 0 unspecified atom stereocenters. The van der Waals surface area contributed by atoms with E-state index in [-0.39, 0.29) is 29.5 Å². The molecule has 2 amide bonds. The Balaban J connectivity index is 1.61. The Kier molecular flexibility index (Phi) is 7.94. The summed E-state index contributed by atoms with van der Waals surface area (Å²) in [6.07, 6.45) is 5.29. The van der Waals surface area contributed by atoms with Crippen LogP contribution in [-0.4, -0.2) is 30.9 Å². The Labute approximate surface area is 215 Å². The highest BCUT2D eigenvalue weighted by Crippen LogP contribution is 2.40. The first-order valence-electron chi connectivity index (χ1n) is 12.3. The Morgan fingerprint density at radius 2 is 1.78 bits per heavy atom. The van der Waals surface area contributed by atoms with Gasteiger partial charge in [0.1, 0.15) is 4.88 Å². The summed E-state index contributed by atoms with van der Waals surface area (Å²) >= 11 is 1.30. The first-order chi connectivity index (χ1) is 17.3. The van der Waals surface area contributed by atoms with Crippen molar-refractivity contribution in [2.24, 2.45) is 11.8 Å². The summed E-state index contributed by atoms with van der Waals surface area (Å²) in [5.41, 5.74) is 2.08. The van der Waals surface area contributed by atoms with Crippen molar-refractivity contribution in [1.29, 1.82) is 0 Å². The number of thiophene rings is 1. The van der Waals surface area contributed by atoms with E-state index in [9.17, 15) is 14.4 Å². The summed E-state index contributed by atoms with van der Waals surface area (Å²) in [6, 6.07) is 12.4. The Bertz CT molecular complexity index is 1210. The first-order valence-corrected chi connectivity index (χ1v) is 13.1. The van der Waals surface area contributed by atoms with Crippen LogP contribution in [0.25, 0.3) is 10.4 Å². The average molecular weight is 509 g/mol. The number of nitrogens with one attached hydrogen (secondary N) is 1. The summed E-state index contributed by atoms with van der Waals surface area (Å²) < 4.78 is 10.2. The number of methoxy groups -OCH3 is 1. The molecular formula is C28H32N2O5S. The van der Waals surface area contributed by atoms with E-state index in [0.29, 0.717) is 22.2 Å². The third-order valence-electron chi connectivity index (χ3n) is 6.63. The molecule has 7 nitrogen and oxygen atoms in total. The van der Waals surface area contributed by atoms with Crippen molar-refractivity contribution in [3.05, 3.63) is 59.4 Å². The molecule has 0 bridgehead atoms. The normalized spacial score (nSPS) is 17.6. The van der Waals surface area contributed by atoms with Gasteiger partial charge in [-0.2, -0.15) is 0 Å². The summed E-state index contributed by atoms with van der Waals surface area (Å²) in [5, 5.41) is 2.80. The SMILES string of the molecule is COC(=O)c1sc(-c2ccc(NC(=O)c3ccco3)cc2)cc1N(C(=O)C1CCC(C)CC1)C(C)C. The van der Waals surface area contributed by atoms with Crippen molar-refractivity contribution in [1.82, 2.24) is 0 Å². The number of anilines is 2. The van der Waals surface area contributed by atoms with E-state index in [2.05, 4.69) is 12.2 Å². The minimum absolute atomic E-state index is 0.0329. The summed E-state index contributed by atoms with van der Waals surface area (Å²) in [6.45, 7) is 6.17. The molecule has 0 spiro atoms. The Hall–Kier alpha value is -3.39. The zero-order valence-corrected chi connectivity index (χ0v) is 21.9. The molecule has 36 heavy (non-hydrogen) atoms. The fourth-order valence-corrected chi connectivity index (χ4v) is 5.69. The highest BCUT2D eigenvalue weighted by atomic mass is 32.1. The third kappa shape index (κ3) is 5.54. The van der Waals surface area contributed by atoms with Crippen LogP contribution in [-0.2, 0) is 9.53 Å². The van der Waals surface area contributed by atoms with Crippen LogP contribution >= 0.6 is 11.3 Å². The first kappa shape index (κ1) is 25.7. The summed E-state index contributed by atoms with van der Waals surface area (Å²) in [5.74, 6) is 0.126. The van der Waals surface area contributed by atoms with Gasteiger partial charge >= 0.3 is 5.97 Å². The van der Waals surface area contributed by atoms with E-state index < -0.39 is 5.97 Å². The maximum Gasteiger partial charge on any atom is 0.350 e. The number of ether oxygens (including phenoxy) is 1. The van der Waals surface area contributed by atoms with Crippen LogP contribution in [0, 0.1) is 11.8 Å². The van der Waals surface area contributed by atoms with E-state index in [0.717, 1.165) is 36.1 Å². The molecule has 1 N–H and O–H groups in total. The number of carbonyl (C=O) groups excluding carboxylic acids is 3. The second-order valence-electron chi connectivity index (χ2n) is 9.58. The van der Waals surface area contributed by atoms with Gasteiger partial charge in [-0.25, -0.2) is 4.79 Å². The van der Waals surface area contributed by atoms with Gasteiger partial charge in [-0.1, -0.05) is 19.1 Å². The van der Waals surface area contributed by atoms with Gasteiger partial charge in [0.25, 0.3) is 5.91 Å². The quantitative estimate of drug-likeness (QED) is 0.363. The molecule has 3 aromatic rings. The predicted octanol–water partition coefficient (Wildman–Crippen LogP) is 6.61. The van der Waals surface area contributed by atoms with E-state index in [4.69, 9.17) is 9.15 Å². The molecule has 0 saturated heterocycles. The predicted molar refractivity (Wildman–Crippen MR) is 141 cm³/mol. The lowest BCUT2D eigenvalue weighted by Crippen LogP contribution is -2.42. The van der Waals surface area contributed by atoms with Crippen molar-refractivity contribution < 1.29 is 23.5 Å². The maximum atomic E-state index is 13.6. The number of benzene rings is 1. The number of hydrogen-bond donors (Lipinski definition) is 1. The molecular weight excluding hydrogens is 476 g/mol. The molecule has 1 fully saturated rings. The topological polar surface area (TPSA) is 88.8 Å². The van der Waals surface area contributed by atoms with Crippen molar-refractivity contribution in [2.45, 2.75) is 52.5 Å². The zero-order valence-electron chi connectivity index (χ0n) is 21.1. The molecule has 190 valence electrons. The van der Waals surface area contributed by atoms with Gasteiger partial charge < -0.3 is 19.4 Å². The minimum atomic E-state index is -0.459. The molecule has 1 aliphatic carbocycles. The van der Waals surface area contributed by atoms with Crippen LogP contribution in [0.1, 0.15) is 66.7 Å².